The first-order valence-corrected chi connectivity index (χ1v) is 14.0. The third kappa shape index (κ3) is 6.84. The maximum atomic E-state index is 13.1. The van der Waals surface area contributed by atoms with Crippen molar-refractivity contribution in [3.63, 3.8) is 0 Å². The number of Topliss-reactive ketones (excluding diaryl/α,β-unsaturated/α-hetero) is 1. The number of rotatable bonds is 12. The van der Waals surface area contributed by atoms with Crippen molar-refractivity contribution < 1.29 is 22.7 Å². The Morgan fingerprint density at radius 2 is 1.73 bits per heavy atom. The summed E-state index contributed by atoms with van der Waals surface area (Å²) in [6.45, 7) is 5.68. The highest BCUT2D eigenvalue weighted by molar-refractivity contribution is 7.89. The van der Waals surface area contributed by atoms with E-state index in [-0.39, 0.29) is 36.0 Å². The zero-order valence-electron chi connectivity index (χ0n) is 22.6. The van der Waals surface area contributed by atoms with Crippen molar-refractivity contribution in [1.82, 2.24) is 9.21 Å². The van der Waals surface area contributed by atoms with Crippen LogP contribution in [0.25, 0.3) is 0 Å². The molecule has 0 aliphatic carbocycles. The topological polar surface area (TPSA) is 96.4 Å². The van der Waals surface area contributed by atoms with Crippen LogP contribution in [-0.2, 0) is 32.6 Å². The van der Waals surface area contributed by atoms with Gasteiger partial charge in [-0.1, -0.05) is 25.5 Å². The average molecular weight is 528 g/mol. The van der Waals surface area contributed by atoms with Crippen molar-refractivity contribution in [1.29, 1.82) is 0 Å². The van der Waals surface area contributed by atoms with E-state index in [1.807, 2.05) is 12.1 Å². The molecule has 0 bridgehead atoms. The molecule has 8 nitrogen and oxygen atoms in total. The van der Waals surface area contributed by atoms with Crippen molar-refractivity contribution in [2.24, 2.45) is 4.99 Å². The predicted molar refractivity (Wildman–Crippen MR) is 145 cm³/mol. The number of hydrogen-bond donors (Lipinski definition) is 0. The van der Waals surface area contributed by atoms with Gasteiger partial charge in [-0.25, -0.2) is 8.42 Å². The Morgan fingerprint density at radius 3 is 2.35 bits per heavy atom. The monoisotopic (exact) mass is 527 g/mol. The minimum atomic E-state index is -3.88. The number of methoxy groups -OCH3 is 1. The standard InChI is InChI=1S/C28H37N3O5S/c1-7-8-23-16-22-15-21(9-11-26(22)29-23)17-30(4)27(33)12-10-24(32)18-31(5)37(34,35)28-19(2)13-25(36-6)14-20(28)3/h9,11,13-15H,7-8,10,12,16-18H2,1-6H3. The van der Waals surface area contributed by atoms with E-state index >= 15 is 0 Å². The van der Waals surface area contributed by atoms with Gasteiger partial charge in [0.05, 0.1) is 24.2 Å². The first-order valence-electron chi connectivity index (χ1n) is 12.5. The molecule has 2 aromatic carbocycles. The Balaban J connectivity index is 1.53. The van der Waals surface area contributed by atoms with Crippen molar-refractivity contribution in [2.45, 2.75) is 64.3 Å². The lowest BCUT2D eigenvalue weighted by atomic mass is 10.0. The van der Waals surface area contributed by atoms with E-state index in [0.29, 0.717) is 23.4 Å². The SMILES string of the molecule is CCCC1=Nc2ccc(CN(C)C(=O)CCC(=O)CN(C)S(=O)(=O)c3c(C)cc(OC)cc3C)cc2C1. The van der Waals surface area contributed by atoms with Gasteiger partial charge < -0.3 is 9.64 Å². The Hall–Kier alpha value is -3.04. The number of likely N-dealkylation sites (N-methyl/N-ethyl adjacent to an activating group) is 1. The van der Waals surface area contributed by atoms with E-state index in [4.69, 9.17) is 4.74 Å². The zero-order chi connectivity index (χ0) is 27.3. The number of aliphatic imine (C=N–C) groups is 1. The van der Waals surface area contributed by atoms with Gasteiger partial charge in [0, 0.05) is 45.6 Å². The molecule has 9 heteroatoms. The zero-order valence-corrected chi connectivity index (χ0v) is 23.4. The first kappa shape index (κ1) is 28.5. The number of amides is 1. The minimum Gasteiger partial charge on any atom is -0.497 e. The van der Waals surface area contributed by atoms with Crippen LogP contribution in [0.4, 0.5) is 5.69 Å². The summed E-state index contributed by atoms with van der Waals surface area (Å²) in [5.74, 6) is 0.101. The molecule has 1 aliphatic rings. The fourth-order valence-corrected chi connectivity index (χ4v) is 6.21. The van der Waals surface area contributed by atoms with E-state index in [1.54, 1.807) is 37.9 Å². The number of ketones is 1. The number of ether oxygens (including phenoxy) is 1. The second-order valence-electron chi connectivity index (χ2n) is 9.71. The molecule has 1 aliphatic heterocycles. The Morgan fingerprint density at radius 1 is 1.05 bits per heavy atom. The van der Waals surface area contributed by atoms with Gasteiger partial charge in [-0.2, -0.15) is 4.31 Å². The molecule has 37 heavy (non-hydrogen) atoms. The van der Waals surface area contributed by atoms with Gasteiger partial charge in [0.2, 0.25) is 15.9 Å². The quantitative estimate of drug-likeness (QED) is 0.408. The first-order chi connectivity index (χ1) is 17.5. The van der Waals surface area contributed by atoms with Crippen LogP contribution in [0.3, 0.4) is 0 Å². The van der Waals surface area contributed by atoms with Crippen molar-refractivity contribution in [3.05, 3.63) is 52.6 Å². The third-order valence-electron chi connectivity index (χ3n) is 6.56. The van der Waals surface area contributed by atoms with Crippen LogP contribution in [0.2, 0.25) is 0 Å². The number of carbonyl (C=O) groups excluding carboxylic acids is 2. The van der Waals surface area contributed by atoms with Crippen molar-refractivity contribution >= 4 is 33.1 Å². The van der Waals surface area contributed by atoms with Crippen LogP contribution in [0.15, 0.2) is 40.2 Å². The van der Waals surface area contributed by atoms with Gasteiger partial charge in [-0.15, -0.1) is 0 Å². The molecule has 0 atom stereocenters. The minimum absolute atomic E-state index is 0.0258. The lowest BCUT2D eigenvalue weighted by Gasteiger charge is -2.21. The Kier molecular flexibility index (Phi) is 9.26. The molecule has 1 heterocycles. The number of carbonyl (C=O) groups is 2. The van der Waals surface area contributed by atoms with E-state index in [9.17, 15) is 18.0 Å². The smallest absolute Gasteiger partial charge is 0.243 e. The molecule has 0 N–H and O–H groups in total. The Labute approximate surface area is 220 Å². The van der Waals surface area contributed by atoms with Crippen LogP contribution < -0.4 is 4.74 Å². The van der Waals surface area contributed by atoms with Gasteiger partial charge in [-0.3, -0.25) is 14.6 Å². The summed E-state index contributed by atoms with van der Waals surface area (Å²) >= 11 is 0. The fraction of sp³-hybridized carbons (Fsp3) is 0.464. The molecule has 0 spiro atoms. The second-order valence-corrected chi connectivity index (χ2v) is 11.7. The van der Waals surface area contributed by atoms with E-state index in [1.165, 1.54) is 25.4 Å². The Bertz CT molecular complexity index is 1290. The predicted octanol–water partition coefficient (Wildman–Crippen LogP) is 4.37. The summed E-state index contributed by atoms with van der Waals surface area (Å²) in [5, 5.41) is 0. The molecule has 0 saturated carbocycles. The normalized spacial score (nSPS) is 12.9. The van der Waals surface area contributed by atoms with Crippen LogP contribution in [0.5, 0.6) is 5.75 Å². The van der Waals surface area contributed by atoms with Gasteiger partial charge in [0.15, 0.2) is 0 Å². The molecular formula is C28H37N3O5S. The maximum Gasteiger partial charge on any atom is 0.243 e. The van der Waals surface area contributed by atoms with Gasteiger partial charge in [0.1, 0.15) is 11.5 Å². The molecule has 3 rings (SSSR count). The number of benzene rings is 2. The fourth-order valence-electron chi connectivity index (χ4n) is 4.65. The number of sulfonamides is 1. The van der Waals surface area contributed by atoms with Crippen molar-refractivity contribution in [2.75, 3.05) is 27.7 Å². The lowest BCUT2D eigenvalue weighted by molar-refractivity contribution is -0.132. The number of hydrogen-bond acceptors (Lipinski definition) is 6. The van der Waals surface area contributed by atoms with Crippen LogP contribution in [0.1, 0.15) is 54.9 Å². The summed E-state index contributed by atoms with van der Waals surface area (Å²) < 4.78 is 32.5. The third-order valence-corrected chi connectivity index (χ3v) is 8.67. The molecule has 0 aromatic heterocycles. The van der Waals surface area contributed by atoms with Crippen LogP contribution in [0, 0.1) is 13.8 Å². The van der Waals surface area contributed by atoms with Crippen molar-refractivity contribution in [3.8, 4) is 5.75 Å². The highest BCUT2D eigenvalue weighted by atomic mass is 32.2. The van der Waals surface area contributed by atoms with Gasteiger partial charge in [-0.05, 0) is 60.7 Å². The van der Waals surface area contributed by atoms with E-state index < -0.39 is 10.0 Å². The van der Waals surface area contributed by atoms with Crippen LogP contribution >= 0.6 is 0 Å². The largest absolute Gasteiger partial charge is 0.497 e. The summed E-state index contributed by atoms with van der Waals surface area (Å²) in [4.78, 5) is 31.7. The molecular weight excluding hydrogens is 490 g/mol. The number of aryl methyl sites for hydroxylation is 2. The molecule has 2 aromatic rings. The lowest BCUT2D eigenvalue weighted by Crippen LogP contribution is -2.34. The molecule has 0 unspecified atom stereocenters. The summed E-state index contributed by atoms with van der Waals surface area (Å²) in [6, 6.07) is 9.39. The number of nitrogens with zero attached hydrogens (tertiary/aromatic N) is 3. The summed E-state index contributed by atoms with van der Waals surface area (Å²) in [5.41, 5.74) is 5.50. The van der Waals surface area contributed by atoms with Gasteiger partial charge in [0.25, 0.3) is 0 Å². The molecule has 0 saturated heterocycles. The van der Waals surface area contributed by atoms with E-state index in [2.05, 4.69) is 18.0 Å². The number of fused-ring (bicyclic) bond motifs is 1. The second kappa shape index (κ2) is 12.0. The van der Waals surface area contributed by atoms with Crippen LogP contribution in [-0.4, -0.2) is 62.8 Å². The summed E-state index contributed by atoms with van der Waals surface area (Å²) in [7, 11) is 0.743. The molecule has 1 amide bonds. The van der Waals surface area contributed by atoms with E-state index in [0.717, 1.165) is 34.8 Å². The molecule has 0 fully saturated rings. The van der Waals surface area contributed by atoms with Gasteiger partial charge >= 0.3 is 0 Å². The highest BCUT2D eigenvalue weighted by Crippen LogP contribution is 2.30. The highest BCUT2D eigenvalue weighted by Gasteiger charge is 2.27. The maximum absolute atomic E-state index is 13.1. The molecule has 0 radical (unpaired) electrons. The summed E-state index contributed by atoms with van der Waals surface area (Å²) in [6.07, 6.45) is 2.92. The molecule has 200 valence electrons. The average Bonchev–Trinajstić information content (AvgIpc) is 3.23.